The molecule has 0 bridgehead atoms. The van der Waals surface area contributed by atoms with Gasteiger partial charge in [-0.05, 0) is 71.0 Å². The van der Waals surface area contributed by atoms with E-state index < -0.39 is 0 Å². The summed E-state index contributed by atoms with van der Waals surface area (Å²) in [6, 6.07) is 40.6. The summed E-state index contributed by atoms with van der Waals surface area (Å²) in [4.78, 5) is 0. The van der Waals surface area contributed by atoms with E-state index in [9.17, 15) is 0 Å². The lowest BCUT2D eigenvalue weighted by Crippen LogP contribution is -1.90. The first-order valence-corrected chi connectivity index (χ1v) is 13.2. The zero-order valence-electron chi connectivity index (χ0n) is 21.0. The smallest absolute Gasteiger partial charge is 0.143 e. The van der Waals surface area contributed by atoms with Gasteiger partial charge in [0, 0.05) is 27.7 Å². The molecule has 2 heteroatoms. The molecular formula is C36H27NO. The molecule has 0 unspecified atom stereocenters. The molecular weight excluding hydrogens is 462 g/mol. The molecule has 1 aliphatic carbocycles. The fourth-order valence-corrected chi connectivity index (χ4v) is 5.30. The summed E-state index contributed by atoms with van der Waals surface area (Å²) in [5, 5.41) is 5.84. The third kappa shape index (κ3) is 4.21. The predicted molar refractivity (Wildman–Crippen MR) is 161 cm³/mol. The zero-order chi connectivity index (χ0) is 25.3. The first kappa shape index (κ1) is 22.4. The molecule has 1 aromatic heterocycles. The average molecular weight is 490 g/mol. The summed E-state index contributed by atoms with van der Waals surface area (Å²) in [7, 11) is 0. The number of para-hydroxylation sites is 2. The standard InChI is InChI=1S/C36H27NO/c1-2-7-25(8-3-1)26-13-15-27(16-14-26)28-17-21-30(22-18-28)37-31-23-19-29(20-24-31)32-10-6-11-34-33-9-4-5-12-35(33)38-36(32)34/h2,4-24,37H,1,3H2. The van der Waals surface area contributed by atoms with Crippen LogP contribution in [0.2, 0.25) is 0 Å². The van der Waals surface area contributed by atoms with Gasteiger partial charge in [0.2, 0.25) is 0 Å². The molecule has 1 heterocycles. The van der Waals surface area contributed by atoms with Gasteiger partial charge in [-0.2, -0.15) is 0 Å². The van der Waals surface area contributed by atoms with Gasteiger partial charge in [0.05, 0.1) is 0 Å². The van der Waals surface area contributed by atoms with E-state index in [1.807, 2.05) is 12.1 Å². The first-order chi connectivity index (χ1) is 18.8. The fraction of sp³-hybridized carbons (Fsp3) is 0.0556. The first-order valence-electron chi connectivity index (χ1n) is 13.2. The number of furan rings is 1. The number of rotatable bonds is 5. The molecule has 182 valence electrons. The molecule has 0 radical (unpaired) electrons. The fourth-order valence-electron chi connectivity index (χ4n) is 5.30. The van der Waals surface area contributed by atoms with Crippen molar-refractivity contribution in [3.8, 4) is 22.3 Å². The number of hydrogen-bond acceptors (Lipinski definition) is 2. The van der Waals surface area contributed by atoms with Crippen LogP contribution in [0.5, 0.6) is 0 Å². The third-order valence-corrected chi connectivity index (χ3v) is 7.32. The lowest BCUT2D eigenvalue weighted by atomic mass is 9.97. The van der Waals surface area contributed by atoms with E-state index in [1.54, 1.807) is 0 Å². The highest BCUT2D eigenvalue weighted by molar-refractivity contribution is 6.09. The Morgan fingerprint density at radius 1 is 0.526 bits per heavy atom. The van der Waals surface area contributed by atoms with Crippen molar-refractivity contribution in [2.75, 3.05) is 5.32 Å². The predicted octanol–water partition coefficient (Wildman–Crippen LogP) is 10.4. The highest BCUT2D eigenvalue weighted by atomic mass is 16.3. The van der Waals surface area contributed by atoms with E-state index in [4.69, 9.17) is 4.42 Å². The number of allylic oxidation sites excluding steroid dienone is 4. The minimum Gasteiger partial charge on any atom is -0.455 e. The number of nitrogens with one attached hydrogen (secondary N) is 1. The molecule has 0 saturated heterocycles. The molecule has 2 nitrogen and oxygen atoms in total. The van der Waals surface area contributed by atoms with E-state index in [-0.39, 0.29) is 0 Å². The van der Waals surface area contributed by atoms with E-state index in [1.165, 1.54) is 22.3 Å². The van der Waals surface area contributed by atoms with Gasteiger partial charge in [-0.15, -0.1) is 0 Å². The maximum absolute atomic E-state index is 6.23. The second kappa shape index (κ2) is 9.57. The maximum atomic E-state index is 6.23. The van der Waals surface area contributed by atoms with Gasteiger partial charge in [0.25, 0.3) is 0 Å². The van der Waals surface area contributed by atoms with Crippen LogP contribution in [0.1, 0.15) is 18.4 Å². The largest absolute Gasteiger partial charge is 0.455 e. The molecule has 1 N–H and O–H groups in total. The monoisotopic (exact) mass is 489 g/mol. The number of anilines is 2. The SMILES string of the molecule is C1=CC(c2ccc(-c3ccc(Nc4ccc(-c5cccc6c5oc5ccccc56)cc4)cc3)cc2)=CCC1. The van der Waals surface area contributed by atoms with Crippen molar-refractivity contribution in [2.24, 2.45) is 0 Å². The van der Waals surface area contributed by atoms with E-state index in [2.05, 4.69) is 127 Å². The Labute approximate surface area is 222 Å². The van der Waals surface area contributed by atoms with Gasteiger partial charge in [-0.1, -0.05) is 103 Å². The van der Waals surface area contributed by atoms with Crippen LogP contribution in [0.4, 0.5) is 11.4 Å². The summed E-state index contributed by atoms with van der Waals surface area (Å²) in [5.74, 6) is 0. The highest BCUT2D eigenvalue weighted by Crippen LogP contribution is 2.36. The molecule has 6 aromatic rings. The average Bonchev–Trinajstić information content (AvgIpc) is 3.38. The number of benzene rings is 5. The van der Waals surface area contributed by atoms with Gasteiger partial charge in [-0.3, -0.25) is 0 Å². The summed E-state index contributed by atoms with van der Waals surface area (Å²) in [5.41, 5.74) is 11.3. The molecule has 0 fully saturated rings. The van der Waals surface area contributed by atoms with Gasteiger partial charge in [0.1, 0.15) is 11.2 Å². The van der Waals surface area contributed by atoms with Gasteiger partial charge < -0.3 is 9.73 Å². The van der Waals surface area contributed by atoms with Gasteiger partial charge in [-0.25, -0.2) is 0 Å². The van der Waals surface area contributed by atoms with Gasteiger partial charge in [0.15, 0.2) is 0 Å². The Kier molecular flexibility index (Phi) is 5.64. The summed E-state index contributed by atoms with van der Waals surface area (Å²) >= 11 is 0. The van der Waals surface area contributed by atoms with Crippen molar-refractivity contribution < 1.29 is 4.42 Å². The van der Waals surface area contributed by atoms with Crippen LogP contribution in [0.3, 0.4) is 0 Å². The molecule has 1 aliphatic rings. The van der Waals surface area contributed by atoms with Crippen molar-refractivity contribution >= 4 is 38.9 Å². The molecule has 38 heavy (non-hydrogen) atoms. The van der Waals surface area contributed by atoms with E-state index in [0.717, 1.165) is 57.3 Å². The number of hydrogen-bond donors (Lipinski definition) is 1. The van der Waals surface area contributed by atoms with E-state index in [0.29, 0.717) is 0 Å². The lowest BCUT2D eigenvalue weighted by molar-refractivity contribution is 0.670. The Morgan fingerprint density at radius 3 is 1.87 bits per heavy atom. The zero-order valence-corrected chi connectivity index (χ0v) is 21.0. The number of fused-ring (bicyclic) bond motifs is 3. The quantitative estimate of drug-likeness (QED) is 0.260. The van der Waals surface area contributed by atoms with Gasteiger partial charge >= 0.3 is 0 Å². The summed E-state index contributed by atoms with van der Waals surface area (Å²) < 4.78 is 6.23. The van der Waals surface area contributed by atoms with Crippen molar-refractivity contribution in [2.45, 2.75) is 12.8 Å². The maximum Gasteiger partial charge on any atom is 0.143 e. The Morgan fingerprint density at radius 2 is 1.16 bits per heavy atom. The van der Waals surface area contributed by atoms with Crippen molar-refractivity contribution in [3.05, 3.63) is 139 Å². The van der Waals surface area contributed by atoms with E-state index >= 15 is 0 Å². The lowest BCUT2D eigenvalue weighted by Gasteiger charge is -2.10. The molecule has 7 rings (SSSR count). The van der Waals surface area contributed by atoms with Crippen LogP contribution in [-0.2, 0) is 0 Å². The topological polar surface area (TPSA) is 25.2 Å². The minimum atomic E-state index is 0.923. The molecule has 5 aromatic carbocycles. The van der Waals surface area contributed by atoms with Crippen LogP contribution in [-0.4, -0.2) is 0 Å². The van der Waals surface area contributed by atoms with Crippen LogP contribution in [0.15, 0.2) is 138 Å². The third-order valence-electron chi connectivity index (χ3n) is 7.32. The normalized spacial score (nSPS) is 13.1. The van der Waals surface area contributed by atoms with Crippen molar-refractivity contribution in [1.29, 1.82) is 0 Å². The van der Waals surface area contributed by atoms with Crippen LogP contribution in [0, 0.1) is 0 Å². The Hall–Kier alpha value is -4.82. The second-order valence-electron chi connectivity index (χ2n) is 9.78. The molecule has 0 aliphatic heterocycles. The second-order valence-corrected chi connectivity index (χ2v) is 9.78. The van der Waals surface area contributed by atoms with Crippen LogP contribution in [0.25, 0.3) is 49.8 Å². The van der Waals surface area contributed by atoms with Crippen molar-refractivity contribution in [3.63, 3.8) is 0 Å². The van der Waals surface area contributed by atoms with Crippen molar-refractivity contribution in [1.82, 2.24) is 0 Å². The molecule has 0 amide bonds. The minimum absolute atomic E-state index is 0.923. The summed E-state index contributed by atoms with van der Waals surface area (Å²) in [6.07, 6.45) is 9.07. The molecule has 0 saturated carbocycles. The molecule has 0 spiro atoms. The Bertz CT molecular complexity index is 1800. The summed E-state index contributed by atoms with van der Waals surface area (Å²) in [6.45, 7) is 0. The Balaban J connectivity index is 1.08. The van der Waals surface area contributed by atoms with Crippen LogP contribution >= 0.6 is 0 Å². The van der Waals surface area contributed by atoms with Crippen LogP contribution < -0.4 is 5.32 Å². The highest BCUT2D eigenvalue weighted by Gasteiger charge is 2.11. The molecule has 0 atom stereocenters.